The molecule has 0 aromatic rings. The predicted octanol–water partition coefficient (Wildman–Crippen LogP) is 2.89. The minimum Gasteiger partial charge on any atom is -0.339 e. The van der Waals surface area contributed by atoms with Gasteiger partial charge in [-0.15, -0.1) is 0 Å². The van der Waals surface area contributed by atoms with Crippen molar-refractivity contribution < 1.29 is 4.79 Å². The SMILES string of the molecule is O=C(C=C1CCCCC1)N1CCCCC1. The second kappa shape index (κ2) is 5.34. The van der Waals surface area contributed by atoms with E-state index in [1.54, 1.807) is 0 Å². The van der Waals surface area contributed by atoms with Crippen molar-refractivity contribution in [1.82, 2.24) is 4.90 Å². The molecule has 0 N–H and O–H groups in total. The molecular weight excluding hydrogens is 186 g/mol. The molecule has 15 heavy (non-hydrogen) atoms. The predicted molar refractivity (Wildman–Crippen MR) is 61.6 cm³/mol. The highest BCUT2D eigenvalue weighted by Crippen LogP contribution is 2.23. The normalized spacial score (nSPS) is 22.7. The van der Waals surface area contributed by atoms with Gasteiger partial charge in [-0.2, -0.15) is 0 Å². The van der Waals surface area contributed by atoms with Gasteiger partial charge in [-0.05, 0) is 44.9 Å². The Morgan fingerprint density at radius 3 is 2.20 bits per heavy atom. The molecule has 2 aliphatic rings. The average Bonchev–Trinajstić information content (AvgIpc) is 2.31. The highest BCUT2D eigenvalue weighted by Gasteiger charge is 2.15. The molecule has 2 rings (SSSR count). The summed E-state index contributed by atoms with van der Waals surface area (Å²) in [6.07, 6.45) is 11.8. The minimum atomic E-state index is 0.270. The summed E-state index contributed by atoms with van der Waals surface area (Å²) in [5, 5.41) is 0. The highest BCUT2D eigenvalue weighted by molar-refractivity contribution is 5.88. The van der Waals surface area contributed by atoms with Crippen molar-refractivity contribution in [3.8, 4) is 0 Å². The first-order valence-corrected chi connectivity index (χ1v) is 6.34. The van der Waals surface area contributed by atoms with E-state index in [9.17, 15) is 4.79 Å². The monoisotopic (exact) mass is 207 g/mol. The summed E-state index contributed by atoms with van der Waals surface area (Å²) in [4.78, 5) is 13.9. The van der Waals surface area contributed by atoms with Crippen molar-refractivity contribution in [3.05, 3.63) is 11.6 Å². The molecule has 1 heterocycles. The highest BCUT2D eigenvalue weighted by atomic mass is 16.2. The number of rotatable bonds is 1. The first-order chi connectivity index (χ1) is 7.36. The van der Waals surface area contributed by atoms with E-state index in [1.165, 1.54) is 44.1 Å². The molecule has 0 radical (unpaired) electrons. The molecule has 1 aliphatic heterocycles. The molecule has 0 unspecified atom stereocenters. The summed E-state index contributed by atoms with van der Waals surface area (Å²) in [7, 11) is 0. The van der Waals surface area contributed by atoms with Crippen LogP contribution < -0.4 is 0 Å². The number of nitrogens with zero attached hydrogens (tertiary/aromatic N) is 1. The average molecular weight is 207 g/mol. The lowest BCUT2D eigenvalue weighted by Crippen LogP contribution is -2.34. The molecule has 1 saturated heterocycles. The van der Waals surface area contributed by atoms with E-state index in [1.807, 2.05) is 11.0 Å². The second-order valence-electron chi connectivity index (χ2n) is 4.75. The topological polar surface area (TPSA) is 20.3 Å². The maximum Gasteiger partial charge on any atom is 0.246 e. The van der Waals surface area contributed by atoms with Gasteiger partial charge in [0.1, 0.15) is 0 Å². The minimum absolute atomic E-state index is 0.270. The van der Waals surface area contributed by atoms with E-state index in [4.69, 9.17) is 0 Å². The molecule has 1 amide bonds. The van der Waals surface area contributed by atoms with Crippen molar-refractivity contribution in [2.75, 3.05) is 13.1 Å². The number of likely N-dealkylation sites (tertiary alicyclic amines) is 1. The number of hydrogen-bond acceptors (Lipinski definition) is 1. The third kappa shape index (κ3) is 3.08. The molecule has 0 aromatic heterocycles. The summed E-state index contributed by atoms with van der Waals surface area (Å²) in [5.41, 5.74) is 1.39. The lowest BCUT2D eigenvalue weighted by Gasteiger charge is -2.26. The van der Waals surface area contributed by atoms with E-state index in [2.05, 4.69) is 0 Å². The Kier molecular flexibility index (Phi) is 3.81. The van der Waals surface area contributed by atoms with Crippen molar-refractivity contribution in [3.63, 3.8) is 0 Å². The Hall–Kier alpha value is -0.790. The molecule has 0 spiro atoms. The standard InChI is InChI=1S/C13H21NO/c15-13(14-9-5-2-6-10-14)11-12-7-3-1-4-8-12/h11H,1-10H2. The molecule has 2 fully saturated rings. The lowest BCUT2D eigenvalue weighted by atomic mass is 9.94. The zero-order valence-electron chi connectivity index (χ0n) is 9.50. The van der Waals surface area contributed by atoms with E-state index in [0.29, 0.717) is 0 Å². The second-order valence-corrected chi connectivity index (χ2v) is 4.75. The number of carbonyl (C=O) groups is 1. The fourth-order valence-electron chi connectivity index (χ4n) is 2.53. The van der Waals surface area contributed by atoms with Gasteiger partial charge in [0.25, 0.3) is 0 Å². The first-order valence-electron chi connectivity index (χ1n) is 6.34. The Morgan fingerprint density at radius 1 is 0.933 bits per heavy atom. The first kappa shape index (κ1) is 10.7. The van der Waals surface area contributed by atoms with Crippen molar-refractivity contribution in [2.24, 2.45) is 0 Å². The Balaban J connectivity index is 1.88. The van der Waals surface area contributed by atoms with Crippen LogP contribution in [0.2, 0.25) is 0 Å². The van der Waals surface area contributed by atoms with Gasteiger partial charge in [0.2, 0.25) is 5.91 Å². The van der Waals surface area contributed by atoms with Crippen LogP contribution in [-0.2, 0) is 4.79 Å². The molecule has 1 saturated carbocycles. The summed E-state index contributed by atoms with van der Waals surface area (Å²) in [6.45, 7) is 1.95. The largest absolute Gasteiger partial charge is 0.339 e. The third-order valence-corrected chi connectivity index (χ3v) is 3.49. The van der Waals surface area contributed by atoms with Crippen molar-refractivity contribution >= 4 is 5.91 Å². The molecule has 0 bridgehead atoms. The quantitative estimate of drug-likeness (QED) is 0.605. The van der Waals surface area contributed by atoms with Crippen LogP contribution in [0.3, 0.4) is 0 Å². The maximum atomic E-state index is 11.9. The van der Waals surface area contributed by atoms with Crippen LogP contribution >= 0.6 is 0 Å². The van der Waals surface area contributed by atoms with Gasteiger partial charge in [0.05, 0.1) is 0 Å². The van der Waals surface area contributed by atoms with Crippen LogP contribution in [0.15, 0.2) is 11.6 Å². The van der Waals surface area contributed by atoms with Gasteiger partial charge in [-0.25, -0.2) is 0 Å². The molecular formula is C13H21NO. The molecule has 0 aromatic carbocycles. The van der Waals surface area contributed by atoms with Crippen molar-refractivity contribution in [2.45, 2.75) is 51.4 Å². The van der Waals surface area contributed by atoms with E-state index in [-0.39, 0.29) is 5.91 Å². The Labute approximate surface area is 92.3 Å². The fraction of sp³-hybridized carbons (Fsp3) is 0.769. The van der Waals surface area contributed by atoms with Gasteiger partial charge < -0.3 is 4.90 Å². The van der Waals surface area contributed by atoms with E-state index >= 15 is 0 Å². The number of piperidine rings is 1. The van der Waals surface area contributed by atoms with Crippen LogP contribution in [0.5, 0.6) is 0 Å². The van der Waals surface area contributed by atoms with Crippen LogP contribution in [0.1, 0.15) is 51.4 Å². The number of hydrogen-bond donors (Lipinski definition) is 0. The van der Waals surface area contributed by atoms with Crippen LogP contribution in [0.25, 0.3) is 0 Å². The smallest absolute Gasteiger partial charge is 0.246 e. The molecule has 2 heteroatoms. The van der Waals surface area contributed by atoms with Gasteiger partial charge in [-0.3, -0.25) is 4.79 Å². The maximum absolute atomic E-state index is 11.9. The van der Waals surface area contributed by atoms with Crippen LogP contribution in [0, 0.1) is 0 Å². The van der Waals surface area contributed by atoms with Gasteiger partial charge in [0.15, 0.2) is 0 Å². The fourth-order valence-corrected chi connectivity index (χ4v) is 2.53. The number of carbonyl (C=O) groups excluding carboxylic acids is 1. The van der Waals surface area contributed by atoms with Gasteiger partial charge >= 0.3 is 0 Å². The van der Waals surface area contributed by atoms with E-state index < -0.39 is 0 Å². The molecule has 84 valence electrons. The Bertz CT molecular complexity index is 243. The summed E-state index contributed by atoms with van der Waals surface area (Å²) < 4.78 is 0. The van der Waals surface area contributed by atoms with Gasteiger partial charge in [0, 0.05) is 19.2 Å². The summed E-state index contributed by atoms with van der Waals surface area (Å²) in [6, 6.07) is 0. The van der Waals surface area contributed by atoms with Gasteiger partial charge in [-0.1, -0.05) is 12.0 Å². The summed E-state index contributed by atoms with van der Waals surface area (Å²) in [5.74, 6) is 0.270. The Morgan fingerprint density at radius 2 is 1.53 bits per heavy atom. The number of allylic oxidation sites excluding steroid dienone is 1. The third-order valence-electron chi connectivity index (χ3n) is 3.49. The molecule has 1 aliphatic carbocycles. The van der Waals surface area contributed by atoms with Crippen molar-refractivity contribution in [1.29, 1.82) is 0 Å². The molecule has 2 nitrogen and oxygen atoms in total. The zero-order chi connectivity index (χ0) is 10.5. The van der Waals surface area contributed by atoms with E-state index in [0.717, 1.165) is 25.9 Å². The van der Waals surface area contributed by atoms with Crippen LogP contribution in [0.4, 0.5) is 0 Å². The lowest BCUT2D eigenvalue weighted by molar-refractivity contribution is -0.126. The molecule has 0 atom stereocenters. The van der Waals surface area contributed by atoms with Crippen LogP contribution in [-0.4, -0.2) is 23.9 Å². The summed E-state index contributed by atoms with van der Waals surface area (Å²) >= 11 is 0. The zero-order valence-corrected chi connectivity index (χ0v) is 9.50. The number of amides is 1.